The highest BCUT2D eigenvalue weighted by Gasteiger charge is 2.18. The Hall–Kier alpha value is -2.57. The molecule has 0 spiro atoms. The molecule has 4 aromatic rings. The van der Waals surface area contributed by atoms with Gasteiger partial charge >= 0.3 is 0 Å². The maximum absolute atomic E-state index is 13.5. The van der Waals surface area contributed by atoms with Crippen LogP contribution in [0, 0.1) is 20.8 Å². The van der Waals surface area contributed by atoms with Crippen LogP contribution >= 0.6 is 23.1 Å². The number of thiophene rings is 1. The Morgan fingerprint density at radius 1 is 1.09 bits per heavy atom. The maximum Gasteiger partial charge on any atom is 0.267 e. The van der Waals surface area contributed by atoms with E-state index in [0.717, 1.165) is 32.1 Å². The molecule has 32 heavy (non-hydrogen) atoms. The zero-order valence-electron chi connectivity index (χ0n) is 19.1. The Kier molecular flexibility index (Phi) is 6.72. The summed E-state index contributed by atoms with van der Waals surface area (Å²) in [4.78, 5) is 20.3. The van der Waals surface area contributed by atoms with Crippen molar-refractivity contribution >= 4 is 33.3 Å². The number of benzene rings is 2. The van der Waals surface area contributed by atoms with Crippen LogP contribution in [-0.4, -0.2) is 21.9 Å². The SMILES string of the molecule is Cc1ccc(C(C)C)c(OCCSc2nc3sc(C)c(C)c3c(=O)n2-c2ccccc2)c1. The molecule has 2 heterocycles. The van der Waals surface area contributed by atoms with Crippen LogP contribution in [0.15, 0.2) is 58.5 Å². The van der Waals surface area contributed by atoms with E-state index in [9.17, 15) is 4.79 Å². The topological polar surface area (TPSA) is 44.1 Å². The van der Waals surface area contributed by atoms with Crippen molar-refractivity contribution in [2.75, 3.05) is 12.4 Å². The van der Waals surface area contributed by atoms with E-state index in [1.54, 1.807) is 27.7 Å². The monoisotopic (exact) mass is 464 g/mol. The van der Waals surface area contributed by atoms with Crippen molar-refractivity contribution in [3.63, 3.8) is 0 Å². The molecule has 6 heteroatoms. The minimum atomic E-state index is -0.00718. The Balaban J connectivity index is 1.62. The van der Waals surface area contributed by atoms with Gasteiger partial charge in [0.25, 0.3) is 5.56 Å². The lowest BCUT2D eigenvalue weighted by Crippen LogP contribution is -2.22. The molecule has 2 aromatic carbocycles. The Labute approximate surface area is 197 Å². The number of hydrogen-bond donors (Lipinski definition) is 0. The van der Waals surface area contributed by atoms with Crippen LogP contribution in [0.3, 0.4) is 0 Å². The summed E-state index contributed by atoms with van der Waals surface area (Å²) in [7, 11) is 0. The molecule has 4 nitrogen and oxygen atoms in total. The van der Waals surface area contributed by atoms with E-state index in [4.69, 9.17) is 9.72 Å². The highest BCUT2D eigenvalue weighted by Crippen LogP contribution is 2.30. The first kappa shape index (κ1) is 22.6. The third-order valence-corrected chi connectivity index (χ3v) is 7.55. The molecule has 0 amide bonds. The minimum Gasteiger partial charge on any atom is -0.492 e. The van der Waals surface area contributed by atoms with E-state index >= 15 is 0 Å². The number of para-hydroxylation sites is 1. The molecule has 4 rings (SSSR count). The van der Waals surface area contributed by atoms with Crippen LogP contribution in [0.5, 0.6) is 5.75 Å². The van der Waals surface area contributed by atoms with Gasteiger partial charge in [0, 0.05) is 10.6 Å². The number of nitrogens with zero attached hydrogens (tertiary/aromatic N) is 2. The highest BCUT2D eigenvalue weighted by molar-refractivity contribution is 7.99. The average Bonchev–Trinajstić information content (AvgIpc) is 3.05. The van der Waals surface area contributed by atoms with E-state index in [0.29, 0.717) is 23.4 Å². The maximum atomic E-state index is 13.5. The van der Waals surface area contributed by atoms with Gasteiger partial charge in [0.1, 0.15) is 10.6 Å². The second-order valence-electron chi connectivity index (χ2n) is 8.23. The van der Waals surface area contributed by atoms with E-state index in [2.05, 4.69) is 39.0 Å². The molecular weight excluding hydrogens is 436 g/mol. The smallest absolute Gasteiger partial charge is 0.267 e. The van der Waals surface area contributed by atoms with Crippen LogP contribution in [0.25, 0.3) is 15.9 Å². The van der Waals surface area contributed by atoms with E-state index in [1.165, 1.54) is 11.1 Å². The molecule has 0 N–H and O–H groups in total. The molecule has 2 aromatic heterocycles. The molecule has 0 aliphatic heterocycles. The summed E-state index contributed by atoms with van der Waals surface area (Å²) in [5.41, 5.74) is 4.25. The van der Waals surface area contributed by atoms with Gasteiger partial charge in [0.2, 0.25) is 0 Å². The Morgan fingerprint density at radius 2 is 1.84 bits per heavy atom. The largest absolute Gasteiger partial charge is 0.492 e. The molecule has 0 radical (unpaired) electrons. The first-order chi connectivity index (χ1) is 15.4. The fourth-order valence-corrected chi connectivity index (χ4v) is 5.60. The van der Waals surface area contributed by atoms with Crippen LogP contribution in [0.2, 0.25) is 0 Å². The average molecular weight is 465 g/mol. The van der Waals surface area contributed by atoms with Crippen molar-refractivity contribution in [2.45, 2.75) is 45.7 Å². The summed E-state index contributed by atoms with van der Waals surface area (Å²) in [6, 6.07) is 16.1. The number of hydrogen-bond acceptors (Lipinski definition) is 5. The van der Waals surface area contributed by atoms with Gasteiger partial charge in [-0.25, -0.2) is 4.98 Å². The fourth-order valence-electron chi connectivity index (χ4n) is 3.70. The lowest BCUT2D eigenvalue weighted by Gasteiger charge is -2.15. The molecule has 0 fully saturated rings. The van der Waals surface area contributed by atoms with Gasteiger partial charge in [-0.15, -0.1) is 11.3 Å². The Bertz CT molecular complexity index is 1310. The van der Waals surface area contributed by atoms with Gasteiger partial charge in [-0.3, -0.25) is 9.36 Å². The molecule has 0 atom stereocenters. The lowest BCUT2D eigenvalue weighted by atomic mass is 10.0. The molecule has 0 saturated carbocycles. The van der Waals surface area contributed by atoms with Gasteiger partial charge in [-0.05, 0) is 61.6 Å². The molecule has 0 aliphatic rings. The Morgan fingerprint density at radius 3 is 2.56 bits per heavy atom. The molecule has 0 aliphatic carbocycles. The highest BCUT2D eigenvalue weighted by atomic mass is 32.2. The van der Waals surface area contributed by atoms with Crippen LogP contribution in [0.1, 0.15) is 41.3 Å². The third-order valence-electron chi connectivity index (χ3n) is 5.55. The number of fused-ring (bicyclic) bond motifs is 1. The van der Waals surface area contributed by atoms with Crippen molar-refractivity contribution in [1.29, 1.82) is 0 Å². The molecule has 166 valence electrons. The molecular formula is C26H28N2O2S2. The molecule has 0 bridgehead atoms. The fraction of sp³-hybridized carbons (Fsp3) is 0.308. The normalized spacial score (nSPS) is 11.4. The van der Waals surface area contributed by atoms with Crippen LogP contribution < -0.4 is 10.3 Å². The predicted octanol–water partition coefficient (Wildman–Crippen LogP) is 6.67. The number of thioether (sulfide) groups is 1. The van der Waals surface area contributed by atoms with E-state index in [1.807, 2.05) is 44.2 Å². The van der Waals surface area contributed by atoms with Crippen molar-refractivity contribution < 1.29 is 4.74 Å². The zero-order chi connectivity index (χ0) is 22.8. The number of aromatic nitrogens is 2. The molecule has 0 saturated heterocycles. The summed E-state index contributed by atoms with van der Waals surface area (Å²) in [6.07, 6.45) is 0. The zero-order valence-corrected chi connectivity index (χ0v) is 20.8. The van der Waals surface area contributed by atoms with E-state index in [-0.39, 0.29) is 5.56 Å². The van der Waals surface area contributed by atoms with Crippen LogP contribution in [0.4, 0.5) is 0 Å². The summed E-state index contributed by atoms with van der Waals surface area (Å²) in [6.45, 7) is 11.0. The van der Waals surface area contributed by atoms with Gasteiger partial charge < -0.3 is 4.74 Å². The summed E-state index contributed by atoms with van der Waals surface area (Å²) in [5, 5.41) is 1.42. The standard InChI is InChI=1S/C26H28N2O2S2/c1-16(2)21-12-11-17(3)15-22(21)30-13-14-31-26-27-24-23(18(4)19(5)32-24)25(29)28(26)20-9-7-6-8-10-20/h6-12,15-16H,13-14H2,1-5H3. The second kappa shape index (κ2) is 9.51. The van der Waals surface area contributed by atoms with Crippen LogP contribution in [-0.2, 0) is 0 Å². The first-order valence-corrected chi connectivity index (χ1v) is 12.6. The summed E-state index contributed by atoms with van der Waals surface area (Å²) < 4.78 is 7.89. The lowest BCUT2D eigenvalue weighted by molar-refractivity contribution is 0.338. The predicted molar refractivity (Wildman–Crippen MR) is 136 cm³/mol. The van der Waals surface area contributed by atoms with Gasteiger partial charge in [-0.1, -0.05) is 55.9 Å². The third kappa shape index (κ3) is 4.48. The van der Waals surface area contributed by atoms with Crippen molar-refractivity contribution in [3.05, 3.63) is 80.5 Å². The number of aryl methyl sites for hydroxylation is 3. The van der Waals surface area contributed by atoms with E-state index < -0.39 is 0 Å². The second-order valence-corrected chi connectivity index (χ2v) is 10.5. The van der Waals surface area contributed by atoms with Gasteiger partial charge in [-0.2, -0.15) is 0 Å². The van der Waals surface area contributed by atoms with Crippen molar-refractivity contribution in [1.82, 2.24) is 9.55 Å². The minimum absolute atomic E-state index is 0.00718. The quantitative estimate of drug-likeness (QED) is 0.174. The van der Waals surface area contributed by atoms with Crippen molar-refractivity contribution in [2.24, 2.45) is 0 Å². The summed E-state index contributed by atoms with van der Waals surface area (Å²) in [5.74, 6) is 2.03. The number of ether oxygens (including phenoxy) is 1. The molecule has 0 unspecified atom stereocenters. The van der Waals surface area contributed by atoms with Gasteiger partial charge in [0.15, 0.2) is 5.16 Å². The van der Waals surface area contributed by atoms with Gasteiger partial charge in [0.05, 0.1) is 17.7 Å². The summed E-state index contributed by atoms with van der Waals surface area (Å²) >= 11 is 3.14. The number of rotatable bonds is 7. The van der Waals surface area contributed by atoms with Crippen molar-refractivity contribution in [3.8, 4) is 11.4 Å². The first-order valence-electron chi connectivity index (χ1n) is 10.8.